The summed E-state index contributed by atoms with van der Waals surface area (Å²) in [4.78, 5) is 26.9. The normalized spacial score (nSPS) is 20.1. The van der Waals surface area contributed by atoms with Crippen LogP contribution in [0, 0.1) is 20.8 Å². The Labute approximate surface area is 203 Å². The average Bonchev–Trinajstić information content (AvgIpc) is 2.79. The van der Waals surface area contributed by atoms with Crippen LogP contribution >= 0.6 is 0 Å². The fourth-order valence-electron chi connectivity index (χ4n) is 4.94. The molecule has 1 aromatic carbocycles. The van der Waals surface area contributed by atoms with Crippen molar-refractivity contribution in [3.63, 3.8) is 0 Å². The molecule has 1 atom stereocenters. The maximum Gasteiger partial charge on any atom is 0.309 e. The molecule has 1 aromatic rings. The zero-order valence-electron chi connectivity index (χ0n) is 20.6. The topological polar surface area (TPSA) is 108 Å². The second-order valence-electron chi connectivity index (χ2n) is 9.25. The number of aryl methyl sites for hydroxylation is 3. The van der Waals surface area contributed by atoms with Crippen molar-refractivity contribution in [1.82, 2.24) is 19.8 Å². The van der Waals surface area contributed by atoms with Crippen LogP contribution in [0.3, 0.4) is 0 Å². The van der Waals surface area contributed by atoms with Crippen LogP contribution < -0.4 is 10.6 Å². The molecule has 3 rings (SSSR count). The number of morpholine rings is 1. The SMILES string of the molecule is Cc1cc(C)c(S(=O)(=O)N2CCCC[C@@H]2CCNC(=O)C(=O)NCCN2CCOCC2)c(C)c1. The molecule has 2 saturated heterocycles. The molecule has 0 aromatic heterocycles. The van der Waals surface area contributed by atoms with E-state index in [2.05, 4.69) is 15.5 Å². The summed E-state index contributed by atoms with van der Waals surface area (Å²) >= 11 is 0. The monoisotopic (exact) mass is 494 g/mol. The van der Waals surface area contributed by atoms with Gasteiger partial charge in [0.15, 0.2) is 0 Å². The highest BCUT2D eigenvalue weighted by Crippen LogP contribution is 2.31. The van der Waals surface area contributed by atoms with E-state index < -0.39 is 21.8 Å². The first kappa shape index (κ1) is 26.6. The summed E-state index contributed by atoms with van der Waals surface area (Å²) in [6.45, 7) is 10.4. The van der Waals surface area contributed by atoms with Gasteiger partial charge in [-0.3, -0.25) is 14.5 Å². The molecule has 0 unspecified atom stereocenters. The van der Waals surface area contributed by atoms with Gasteiger partial charge in [0, 0.05) is 45.3 Å². The standard InChI is InChI=1S/C24H38N4O5S/c1-18-16-19(2)22(20(3)17-18)34(31,32)28-10-5-4-6-21(28)7-8-25-23(29)24(30)26-9-11-27-12-14-33-15-13-27/h16-17,21H,4-15H2,1-3H3,(H,25,29)(H,26,30)/t21-/m1/s1. The number of sulfonamides is 1. The number of nitrogens with zero attached hydrogens (tertiary/aromatic N) is 2. The smallest absolute Gasteiger partial charge is 0.309 e. The third-order valence-electron chi connectivity index (χ3n) is 6.53. The number of ether oxygens (including phenoxy) is 1. The number of amides is 2. The van der Waals surface area contributed by atoms with Gasteiger partial charge < -0.3 is 15.4 Å². The molecule has 0 spiro atoms. The number of rotatable bonds is 8. The molecule has 2 heterocycles. The van der Waals surface area contributed by atoms with Gasteiger partial charge in [0.2, 0.25) is 10.0 Å². The third kappa shape index (κ3) is 6.78. The lowest BCUT2D eigenvalue weighted by atomic mass is 10.0. The van der Waals surface area contributed by atoms with Crippen LogP contribution in [-0.2, 0) is 24.3 Å². The maximum absolute atomic E-state index is 13.6. The Morgan fingerprint density at radius 2 is 1.59 bits per heavy atom. The molecular weight excluding hydrogens is 456 g/mol. The van der Waals surface area contributed by atoms with Crippen molar-refractivity contribution in [3.8, 4) is 0 Å². The Balaban J connectivity index is 1.52. The van der Waals surface area contributed by atoms with Crippen molar-refractivity contribution in [2.24, 2.45) is 0 Å². The van der Waals surface area contributed by atoms with E-state index in [-0.39, 0.29) is 12.6 Å². The number of carbonyl (C=O) groups excluding carboxylic acids is 2. The largest absolute Gasteiger partial charge is 0.379 e. The van der Waals surface area contributed by atoms with Gasteiger partial charge in [-0.2, -0.15) is 4.31 Å². The fourth-order valence-corrected chi connectivity index (χ4v) is 7.07. The van der Waals surface area contributed by atoms with E-state index in [9.17, 15) is 18.0 Å². The lowest BCUT2D eigenvalue weighted by Gasteiger charge is -2.35. The zero-order valence-corrected chi connectivity index (χ0v) is 21.4. The highest BCUT2D eigenvalue weighted by molar-refractivity contribution is 7.89. The highest BCUT2D eigenvalue weighted by Gasteiger charge is 2.35. The molecule has 0 aliphatic carbocycles. The van der Waals surface area contributed by atoms with E-state index in [0.717, 1.165) is 49.0 Å². The summed E-state index contributed by atoms with van der Waals surface area (Å²) in [5.74, 6) is -1.34. The molecule has 2 fully saturated rings. The number of hydrogen-bond donors (Lipinski definition) is 2. The maximum atomic E-state index is 13.6. The lowest BCUT2D eigenvalue weighted by molar-refractivity contribution is -0.139. The third-order valence-corrected chi connectivity index (χ3v) is 8.79. The number of benzene rings is 1. The second-order valence-corrected chi connectivity index (χ2v) is 11.1. The Kier molecular flexibility index (Phi) is 9.47. The molecule has 9 nitrogen and oxygen atoms in total. The molecular formula is C24H38N4O5S. The van der Waals surface area contributed by atoms with E-state index in [1.165, 1.54) is 0 Å². The quantitative estimate of drug-likeness (QED) is 0.524. The first-order chi connectivity index (χ1) is 16.2. The minimum atomic E-state index is -3.65. The number of carbonyl (C=O) groups is 2. The van der Waals surface area contributed by atoms with E-state index in [1.807, 2.05) is 32.9 Å². The molecule has 190 valence electrons. The van der Waals surface area contributed by atoms with Crippen molar-refractivity contribution in [3.05, 3.63) is 28.8 Å². The summed E-state index contributed by atoms with van der Waals surface area (Å²) in [5, 5.41) is 5.30. The summed E-state index contributed by atoms with van der Waals surface area (Å²) in [6, 6.07) is 3.59. The van der Waals surface area contributed by atoms with Crippen molar-refractivity contribution >= 4 is 21.8 Å². The van der Waals surface area contributed by atoms with Gasteiger partial charge in [-0.15, -0.1) is 0 Å². The van der Waals surface area contributed by atoms with Crippen molar-refractivity contribution in [1.29, 1.82) is 0 Å². The van der Waals surface area contributed by atoms with Crippen molar-refractivity contribution in [2.45, 2.75) is 57.4 Å². The summed E-state index contributed by atoms with van der Waals surface area (Å²) in [6.07, 6.45) is 2.97. The molecule has 2 N–H and O–H groups in total. The molecule has 10 heteroatoms. The molecule has 0 radical (unpaired) electrons. The van der Waals surface area contributed by atoms with E-state index in [0.29, 0.717) is 44.2 Å². The minimum Gasteiger partial charge on any atom is -0.379 e. The molecule has 2 amide bonds. The lowest BCUT2D eigenvalue weighted by Crippen LogP contribution is -2.47. The van der Waals surface area contributed by atoms with Crippen LogP contribution in [0.2, 0.25) is 0 Å². The fraction of sp³-hybridized carbons (Fsp3) is 0.667. The van der Waals surface area contributed by atoms with Crippen LogP contribution in [0.4, 0.5) is 0 Å². The van der Waals surface area contributed by atoms with Gasteiger partial charge in [-0.25, -0.2) is 8.42 Å². The Morgan fingerprint density at radius 3 is 2.24 bits per heavy atom. The average molecular weight is 495 g/mol. The molecule has 34 heavy (non-hydrogen) atoms. The van der Waals surface area contributed by atoms with Crippen molar-refractivity contribution in [2.75, 3.05) is 52.5 Å². The van der Waals surface area contributed by atoms with E-state index in [1.54, 1.807) is 4.31 Å². The van der Waals surface area contributed by atoms with E-state index >= 15 is 0 Å². The van der Waals surface area contributed by atoms with Gasteiger partial charge in [0.25, 0.3) is 0 Å². The first-order valence-corrected chi connectivity index (χ1v) is 13.6. The summed E-state index contributed by atoms with van der Waals surface area (Å²) < 4.78 is 34.0. The molecule has 0 saturated carbocycles. The van der Waals surface area contributed by atoms with Gasteiger partial charge in [0.05, 0.1) is 18.1 Å². The van der Waals surface area contributed by atoms with Crippen LogP contribution in [0.1, 0.15) is 42.4 Å². The van der Waals surface area contributed by atoms with Crippen LogP contribution in [0.5, 0.6) is 0 Å². The van der Waals surface area contributed by atoms with Gasteiger partial charge >= 0.3 is 11.8 Å². The summed E-state index contributed by atoms with van der Waals surface area (Å²) in [5.41, 5.74) is 2.54. The van der Waals surface area contributed by atoms with Crippen LogP contribution in [0.15, 0.2) is 17.0 Å². The first-order valence-electron chi connectivity index (χ1n) is 12.2. The second kappa shape index (κ2) is 12.1. The Morgan fingerprint density at radius 1 is 0.971 bits per heavy atom. The number of nitrogens with one attached hydrogen (secondary N) is 2. The highest BCUT2D eigenvalue weighted by atomic mass is 32.2. The molecule has 2 aliphatic rings. The predicted octanol–water partition coefficient (Wildman–Crippen LogP) is 1.11. The number of piperidine rings is 1. The van der Waals surface area contributed by atoms with Gasteiger partial charge in [-0.1, -0.05) is 24.1 Å². The zero-order chi connectivity index (χ0) is 24.7. The predicted molar refractivity (Wildman–Crippen MR) is 130 cm³/mol. The van der Waals surface area contributed by atoms with Crippen LogP contribution in [0.25, 0.3) is 0 Å². The number of hydrogen-bond acceptors (Lipinski definition) is 6. The van der Waals surface area contributed by atoms with E-state index in [4.69, 9.17) is 4.74 Å². The van der Waals surface area contributed by atoms with Crippen molar-refractivity contribution < 1.29 is 22.7 Å². The summed E-state index contributed by atoms with van der Waals surface area (Å²) in [7, 11) is -3.65. The molecule has 2 aliphatic heterocycles. The minimum absolute atomic E-state index is 0.205. The van der Waals surface area contributed by atoms with Gasteiger partial charge in [0.1, 0.15) is 0 Å². The Hall–Kier alpha value is -2.01. The molecule has 0 bridgehead atoms. The Bertz CT molecular complexity index is 953. The van der Waals surface area contributed by atoms with Crippen LogP contribution in [-0.4, -0.2) is 88.0 Å². The van der Waals surface area contributed by atoms with Gasteiger partial charge in [-0.05, 0) is 51.2 Å².